The second-order valence-corrected chi connectivity index (χ2v) is 6.93. The summed E-state index contributed by atoms with van der Waals surface area (Å²) in [5, 5.41) is 5.70. The maximum Gasteiger partial charge on any atom is 0.255 e. The van der Waals surface area contributed by atoms with Crippen molar-refractivity contribution in [3.05, 3.63) is 54.1 Å². The van der Waals surface area contributed by atoms with Gasteiger partial charge in [-0.05, 0) is 61.4 Å². The molecule has 0 atom stereocenters. The van der Waals surface area contributed by atoms with E-state index in [-0.39, 0.29) is 11.8 Å². The van der Waals surface area contributed by atoms with Crippen LogP contribution in [0.1, 0.15) is 42.5 Å². The van der Waals surface area contributed by atoms with E-state index in [0.29, 0.717) is 29.8 Å². The van der Waals surface area contributed by atoms with E-state index in [1.807, 2.05) is 0 Å². The molecule has 2 aromatic carbocycles. The molecule has 6 nitrogen and oxygen atoms in total. The van der Waals surface area contributed by atoms with Gasteiger partial charge in [-0.2, -0.15) is 0 Å². The van der Waals surface area contributed by atoms with E-state index in [2.05, 4.69) is 10.6 Å². The van der Waals surface area contributed by atoms with Crippen molar-refractivity contribution >= 4 is 23.2 Å². The molecule has 2 aromatic rings. The van der Waals surface area contributed by atoms with Crippen LogP contribution in [0.15, 0.2) is 48.5 Å². The Balaban J connectivity index is 1.60. The van der Waals surface area contributed by atoms with Gasteiger partial charge in [0.25, 0.3) is 5.91 Å². The van der Waals surface area contributed by atoms with E-state index in [4.69, 9.17) is 10.5 Å². The van der Waals surface area contributed by atoms with Crippen LogP contribution in [0, 0.1) is 0 Å². The summed E-state index contributed by atoms with van der Waals surface area (Å²) in [6.07, 6.45) is 4.51. The number of nitrogens with one attached hydrogen (secondary N) is 2. The van der Waals surface area contributed by atoms with E-state index in [1.165, 1.54) is 0 Å². The van der Waals surface area contributed by atoms with Crippen molar-refractivity contribution in [1.82, 2.24) is 0 Å². The van der Waals surface area contributed by atoms with Crippen molar-refractivity contribution in [2.45, 2.75) is 37.6 Å². The SMILES string of the molecule is COc1ccc(NC(=O)c2ccc(NC(=O)C3(N)CCCCC3)cc2)cc1. The molecule has 4 N–H and O–H groups in total. The highest BCUT2D eigenvalue weighted by atomic mass is 16.5. The highest BCUT2D eigenvalue weighted by Crippen LogP contribution is 2.27. The Hall–Kier alpha value is -2.86. The number of carbonyl (C=O) groups is 2. The third-order valence-corrected chi connectivity index (χ3v) is 4.95. The standard InChI is InChI=1S/C21H25N3O3/c1-27-18-11-9-16(10-12-18)23-19(25)15-5-7-17(8-6-15)24-20(26)21(22)13-3-2-4-14-21/h5-12H,2-4,13-14,22H2,1H3,(H,23,25)(H,24,26). The number of rotatable bonds is 5. The predicted molar refractivity (Wildman–Crippen MR) is 106 cm³/mol. The van der Waals surface area contributed by atoms with Crippen LogP contribution in [0.2, 0.25) is 0 Å². The summed E-state index contributed by atoms with van der Waals surface area (Å²) in [5.41, 5.74) is 7.28. The smallest absolute Gasteiger partial charge is 0.255 e. The van der Waals surface area contributed by atoms with Crippen molar-refractivity contribution in [3.8, 4) is 5.75 Å². The molecule has 0 unspecified atom stereocenters. The Morgan fingerprint density at radius 1 is 0.889 bits per heavy atom. The first-order valence-corrected chi connectivity index (χ1v) is 9.16. The Labute approximate surface area is 159 Å². The number of amides is 2. The van der Waals surface area contributed by atoms with E-state index in [9.17, 15) is 9.59 Å². The molecule has 1 aliphatic rings. The second-order valence-electron chi connectivity index (χ2n) is 6.93. The van der Waals surface area contributed by atoms with Crippen molar-refractivity contribution < 1.29 is 14.3 Å². The van der Waals surface area contributed by atoms with Gasteiger partial charge < -0.3 is 21.1 Å². The topological polar surface area (TPSA) is 93.5 Å². The Bertz CT molecular complexity index is 794. The molecule has 27 heavy (non-hydrogen) atoms. The fourth-order valence-corrected chi connectivity index (χ4v) is 3.25. The van der Waals surface area contributed by atoms with Crippen molar-refractivity contribution in [2.75, 3.05) is 17.7 Å². The summed E-state index contributed by atoms with van der Waals surface area (Å²) in [6, 6.07) is 13.9. The summed E-state index contributed by atoms with van der Waals surface area (Å²) < 4.78 is 5.10. The second kappa shape index (κ2) is 8.22. The van der Waals surface area contributed by atoms with Gasteiger partial charge in [0, 0.05) is 16.9 Å². The van der Waals surface area contributed by atoms with Gasteiger partial charge >= 0.3 is 0 Å². The third-order valence-electron chi connectivity index (χ3n) is 4.95. The first-order valence-electron chi connectivity index (χ1n) is 9.16. The van der Waals surface area contributed by atoms with Crippen LogP contribution in [-0.2, 0) is 4.79 Å². The lowest BCUT2D eigenvalue weighted by Crippen LogP contribution is -2.52. The quantitative estimate of drug-likeness (QED) is 0.753. The summed E-state index contributed by atoms with van der Waals surface area (Å²) >= 11 is 0. The molecule has 0 aliphatic heterocycles. The number of carbonyl (C=O) groups excluding carboxylic acids is 2. The zero-order valence-electron chi connectivity index (χ0n) is 15.5. The van der Waals surface area contributed by atoms with Crippen LogP contribution in [0.25, 0.3) is 0 Å². The molecule has 142 valence electrons. The molecule has 1 saturated carbocycles. The van der Waals surface area contributed by atoms with E-state index in [1.54, 1.807) is 55.6 Å². The van der Waals surface area contributed by atoms with Crippen LogP contribution in [0.3, 0.4) is 0 Å². The van der Waals surface area contributed by atoms with Crippen LogP contribution in [0.5, 0.6) is 5.75 Å². The Morgan fingerprint density at radius 2 is 1.44 bits per heavy atom. The van der Waals surface area contributed by atoms with Gasteiger partial charge in [0.2, 0.25) is 5.91 Å². The average Bonchev–Trinajstić information content (AvgIpc) is 2.69. The number of methoxy groups -OCH3 is 1. The predicted octanol–water partition coefficient (Wildman–Crippen LogP) is 3.55. The van der Waals surface area contributed by atoms with E-state index in [0.717, 1.165) is 25.0 Å². The lowest BCUT2D eigenvalue weighted by molar-refractivity contribution is -0.122. The van der Waals surface area contributed by atoms with Crippen LogP contribution in [-0.4, -0.2) is 24.5 Å². The van der Waals surface area contributed by atoms with Crippen LogP contribution < -0.4 is 21.1 Å². The largest absolute Gasteiger partial charge is 0.497 e. The van der Waals surface area contributed by atoms with Gasteiger partial charge in [0.05, 0.1) is 12.6 Å². The van der Waals surface area contributed by atoms with Gasteiger partial charge in [0.15, 0.2) is 0 Å². The van der Waals surface area contributed by atoms with Gasteiger partial charge in [-0.3, -0.25) is 9.59 Å². The van der Waals surface area contributed by atoms with E-state index >= 15 is 0 Å². The van der Waals surface area contributed by atoms with Gasteiger partial charge in [-0.25, -0.2) is 0 Å². The molecule has 0 saturated heterocycles. The molecular weight excluding hydrogens is 342 g/mol. The van der Waals surface area contributed by atoms with Gasteiger partial charge in [-0.15, -0.1) is 0 Å². The number of anilines is 2. The van der Waals surface area contributed by atoms with Crippen molar-refractivity contribution in [2.24, 2.45) is 5.73 Å². The maximum atomic E-state index is 12.5. The molecule has 0 heterocycles. The molecule has 3 rings (SSSR count). The Morgan fingerprint density at radius 3 is 2.04 bits per heavy atom. The monoisotopic (exact) mass is 367 g/mol. The molecule has 1 fully saturated rings. The fraction of sp³-hybridized carbons (Fsp3) is 0.333. The maximum absolute atomic E-state index is 12.5. The highest BCUT2D eigenvalue weighted by Gasteiger charge is 2.35. The lowest BCUT2D eigenvalue weighted by Gasteiger charge is -2.31. The molecule has 1 aliphatic carbocycles. The first-order chi connectivity index (χ1) is 13.0. The minimum Gasteiger partial charge on any atom is -0.497 e. The molecule has 0 radical (unpaired) electrons. The highest BCUT2D eigenvalue weighted by molar-refractivity contribution is 6.05. The molecule has 0 spiro atoms. The minimum absolute atomic E-state index is 0.155. The lowest BCUT2D eigenvalue weighted by atomic mass is 9.82. The van der Waals surface area contributed by atoms with Crippen molar-refractivity contribution in [3.63, 3.8) is 0 Å². The fourth-order valence-electron chi connectivity index (χ4n) is 3.25. The molecular formula is C21H25N3O3. The average molecular weight is 367 g/mol. The molecule has 6 heteroatoms. The van der Waals surface area contributed by atoms with E-state index < -0.39 is 5.54 Å². The first kappa shape index (κ1) is 18.9. The zero-order chi connectivity index (χ0) is 19.3. The summed E-state index contributed by atoms with van der Waals surface area (Å²) in [6.45, 7) is 0. The summed E-state index contributed by atoms with van der Waals surface area (Å²) in [4.78, 5) is 24.8. The molecule has 2 amide bonds. The van der Waals surface area contributed by atoms with Crippen molar-refractivity contribution in [1.29, 1.82) is 0 Å². The normalized spacial score (nSPS) is 15.6. The molecule has 0 bridgehead atoms. The van der Waals surface area contributed by atoms with Crippen LogP contribution in [0.4, 0.5) is 11.4 Å². The number of hydrogen-bond donors (Lipinski definition) is 3. The van der Waals surface area contributed by atoms with Crippen LogP contribution >= 0.6 is 0 Å². The number of nitrogens with two attached hydrogens (primary N) is 1. The zero-order valence-corrected chi connectivity index (χ0v) is 15.5. The van der Waals surface area contributed by atoms with Gasteiger partial charge in [-0.1, -0.05) is 19.3 Å². The number of hydrogen-bond acceptors (Lipinski definition) is 4. The van der Waals surface area contributed by atoms with Gasteiger partial charge in [0.1, 0.15) is 5.75 Å². The number of benzene rings is 2. The number of ether oxygens (including phenoxy) is 1. The minimum atomic E-state index is -0.789. The Kier molecular flexibility index (Phi) is 5.76. The summed E-state index contributed by atoms with van der Waals surface area (Å²) in [7, 11) is 1.59. The summed E-state index contributed by atoms with van der Waals surface area (Å²) in [5.74, 6) is 0.349. The molecule has 0 aromatic heterocycles. The third kappa shape index (κ3) is 4.65.